The third kappa shape index (κ3) is 5.29. The minimum absolute atomic E-state index is 0.156. The predicted octanol–water partition coefficient (Wildman–Crippen LogP) is 3.54. The lowest BCUT2D eigenvalue weighted by atomic mass is 9.79. The maximum absolute atomic E-state index is 13.4. The Morgan fingerprint density at radius 3 is 2.03 bits per heavy atom. The number of hydrogen-bond acceptors (Lipinski definition) is 6. The summed E-state index contributed by atoms with van der Waals surface area (Å²) in [7, 11) is 2.23. The second-order valence-electron chi connectivity index (χ2n) is 11.0. The van der Waals surface area contributed by atoms with Crippen molar-refractivity contribution in [1.29, 1.82) is 0 Å². The number of allylic oxidation sites excluding steroid dienone is 1. The molecule has 1 amide bonds. The van der Waals surface area contributed by atoms with Gasteiger partial charge in [-0.15, -0.1) is 0 Å². The molecule has 0 aromatic heterocycles. The van der Waals surface area contributed by atoms with Gasteiger partial charge in [0.15, 0.2) is 0 Å². The lowest BCUT2D eigenvalue weighted by Gasteiger charge is -2.45. The summed E-state index contributed by atoms with van der Waals surface area (Å²) in [5.41, 5.74) is 0.201. The lowest BCUT2D eigenvalue weighted by molar-refractivity contribution is -0.133. The smallest absolute Gasteiger partial charge is 0.334 e. The number of rotatable bonds is 6. The zero-order chi connectivity index (χ0) is 28.0. The Balaban J connectivity index is 1.35. The maximum Gasteiger partial charge on any atom is 0.334 e. The van der Waals surface area contributed by atoms with Gasteiger partial charge in [0, 0.05) is 71.3 Å². The van der Waals surface area contributed by atoms with Crippen molar-refractivity contribution in [3.8, 4) is 0 Å². The SMILES string of the molecule is CC1=C(C(=O)O)C(c2c(Cl)cccc2Cl)C(C(=O)O)=C(CC(=O)N2CCN(C3CC4CCC(C3)N4C)CC2)N1. The molecule has 1 aromatic rings. The topological polar surface area (TPSA) is 113 Å². The number of piperazine rings is 1. The Bertz CT molecular complexity index is 1220. The molecule has 2 bridgehead atoms. The highest BCUT2D eigenvalue weighted by Crippen LogP contribution is 2.44. The molecule has 11 heteroatoms. The van der Waals surface area contributed by atoms with Gasteiger partial charge in [-0.2, -0.15) is 0 Å². The fraction of sp³-hybridized carbons (Fsp3) is 0.536. The standard InChI is InChI=1S/C28H34Cl2N4O5/c1-15-23(27(36)37)26(24-19(29)4-3-5-20(24)30)25(28(38)39)21(31-15)14-22(35)34-10-8-33(9-11-34)18-12-16-6-7-17(13-18)32(16)2/h3-5,16-18,26,31H,6-14H2,1-2H3,(H,36,37)(H,38,39). The van der Waals surface area contributed by atoms with Crippen molar-refractivity contribution in [2.24, 2.45) is 0 Å². The Kier molecular flexibility index (Phi) is 7.97. The first kappa shape index (κ1) is 28.0. The van der Waals surface area contributed by atoms with E-state index in [0.717, 1.165) is 13.1 Å². The average molecular weight is 578 g/mol. The normalized spacial score (nSPS) is 28.1. The highest BCUT2D eigenvalue weighted by atomic mass is 35.5. The molecule has 4 heterocycles. The zero-order valence-electron chi connectivity index (χ0n) is 22.1. The van der Waals surface area contributed by atoms with E-state index in [2.05, 4.69) is 22.2 Å². The number of carbonyl (C=O) groups is 3. The van der Waals surface area contributed by atoms with Gasteiger partial charge in [0.2, 0.25) is 5.91 Å². The molecule has 5 rings (SSSR count). The van der Waals surface area contributed by atoms with Gasteiger partial charge in [0.25, 0.3) is 0 Å². The molecule has 0 spiro atoms. The van der Waals surface area contributed by atoms with Crippen molar-refractivity contribution in [3.63, 3.8) is 0 Å². The third-order valence-corrected chi connectivity index (χ3v) is 9.64. The number of amides is 1. The largest absolute Gasteiger partial charge is 0.478 e. The van der Waals surface area contributed by atoms with Gasteiger partial charge in [0.05, 0.1) is 23.5 Å². The monoisotopic (exact) mass is 576 g/mol. The molecular weight excluding hydrogens is 543 g/mol. The first-order chi connectivity index (χ1) is 18.6. The van der Waals surface area contributed by atoms with Crippen LogP contribution < -0.4 is 5.32 Å². The molecule has 4 aliphatic heterocycles. The zero-order valence-corrected chi connectivity index (χ0v) is 23.6. The number of hydrogen-bond donors (Lipinski definition) is 3. The fourth-order valence-electron chi connectivity index (χ4n) is 6.93. The summed E-state index contributed by atoms with van der Waals surface area (Å²) < 4.78 is 0. The first-order valence-electron chi connectivity index (χ1n) is 13.4. The number of nitrogens with one attached hydrogen (secondary N) is 1. The number of carbonyl (C=O) groups excluding carboxylic acids is 1. The number of aliphatic carboxylic acids is 2. The molecule has 3 atom stereocenters. The van der Waals surface area contributed by atoms with Gasteiger partial charge >= 0.3 is 11.9 Å². The van der Waals surface area contributed by atoms with Gasteiger partial charge in [-0.3, -0.25) is 9.69 Å². The van der Waals surface area contributed by atoms with E-state index >= 15 is 0 Å². The Hall–Kier alpha value is -2.59. The summed E-state index contributed by atoms with van der Waals surface area (Å²) in [4.78, 5) is 45.1. The van der Waals surface area contributed by atoms with Crippen LogP contribution >= 0.6 is 23.2 Å². The molecule has 0 aliphatic carbocycles. The van der Waals surface area contributed by atoms with Crippen LogP contribution in [0.25, 0.3) is 0 Å². The molecule has 3 N–H and O–H groups in total. The van der Waals surface area contributed by atoms with E-state index in [4.69, 9.17) is 23.2 Å². The van der Waals surface area contributed by atoms with Crippen LogP contribution in [0.4, 0.5) is 0 Å². The highest BCUT2D eigenvalue weighted by Gasteiger charge is 2.42. The second-order valence-corrected chi connectivity index (χ2v) is 11.8. The number of fused-ring (bicyclic) bond motifs is 2. The predicted molar refractivity (Wildman–Crippen MR) is 148 cm³/mol. The quantitative estimate of drug-likeness (QED) is 0.471. The van der Waals surface area contributed by atoms with E-state index < -0.39 is 17.9 Å². The minimum atomic E-state index is -1.33. The van der Waals surface area contributed by atoms with Crippen LogP contribution in [0.15, 0.2) is 40.7 Å². The minimum Gasteiger partial charge on any atom is -0.478 e. The van der Waals surface area contributed by atoms with E-state index in [1.165, 1.54) is 25.7 Å². The van der Waals surface area contributed by atoms with Crippen LogP contribution in [0.5, 0.6) is 0 Å². The molecule has 210 valence electrons. The molecule has 0 saturated carbocycles. The number of carboxylic acid groups (broad SMARTS) is 2. The molecule has 3 fully saturated rings. The summed E-state index contributed by atoms with van der Waals surface area (Å²) >= 11 is 12.8. The molecule has 0 radical (unpaired) electrons. The van der Waals surface area contributed by atoms with Crippen LogP contribution in [-0.4, -0.2) is 94.1 Å². The van der Waals surface area contributed by atoms with Gasteiger partial charge in [-0.1, -0.05) is 29.3 Å². The van der Waals surface area contributed by atoms with Gasteiger partial charge in [0.1, 0.15) is 0 Å². The van der Waals surface area contributed by atoms with Crippen LogP contribution in [0.3, 0.4) is 0 Å². The van der Waals surface area contributed by atoms with E-state index in [-0.39, 0.29) is 50.5 Å². The van der Waals surface area contributed by atoms with E-state index in [1.807, 2.05) is 0 Å². The number of dihydropyridines is 1. The molecule has 1 aromatic carbocycles. The van der Waals surface area contributed by atoms with Crippen LogP contribution in [-0.2, 0) is 14.4 Å². The Labute approximate surface area is 238 Å². The highest BCUT2D eigenvalue weighted by molar-refractivity contribution is 6.36. The average Bonchev–Trinajstić information content (AvgIpc) is 3.07. The summed E-state index contributed by atoms with van der Waals surface area (Å²) in [5, 5.41) is 23.5. The molecule has 3 unspecified atom stereocenters. The fourth-order valence-corrected chi connectivity index (χ4v) is 7.54. The number of benzene rings is 1. The molecule has 39 heavy (non-hydrogen) atoms. The van der Waals surface area contributed by atoms with Crippen molar-refractivity contribution >= 4 is 41.0 Å². The Morgan fingerprint density at radius 1 is 0.923 bits per heavy atom. The molecular formula is C28H34Cl2N4O5. The van der Waals surface area contributed by atoms with Crippen molar-refractivity contribution in [2.75, 3.05) is 33.2 Å². The van der Waals surface area contributed by atoms with Gasteiger partial charge < -0.3 is 25.3 Å². The van der Waals surface area contributed by atoms with Crippen LogP contribution in [0.1, 0.15) is 50.5 Å². The number of piperidine rings is 1. The van der Waals surface area contributed by atoms with Crippen LogP contribution in [0.2, 0.25) is 10.0 Å². The molecule has 9 nitrogen and oxygen atoms in total. The number of nitrogens with zero attached hydrogens (tertiary/aromatic N) is 3. The summed E-state index contributed by atoms with van der Waals surface area (Å²) in [6, 6.07) is 6.54. The number of halogens is 2. The van der Waals surface area contributed by atoms with Crippen molar-refractivity contribution in [3.05, 3.63) is 56.3 Å². The van der Waals surface area contributed by atoms with Crippen molar-refractivity contribution in [2.45, 2.75) is 63.1 Å². The molecule has 4 aliphatic rings. The van der Waals surface area contributed by atoms with Crippen LogP contribution in [0, 0.1) is 0 Å². The Morgan fingerprint density at radius 2 is 1.49 bits per heavy atom. The summed E-state index contributed by atoms with van der Waals surface area (Å²) in [6.07, 6.45) is 4.68. The van der Waals surface area contributed by atoms with Gasteiger partial charge in [-0.05, 0) is 51.8 Å². The maximum atomic E-state index is 13.4. The molecule has 3 saturated heterocycles. The van der Waals surface area contributed by atoms with E-state index in [1.54, 1.807) is 30.0 Å². The number of carboxylic acids is 2. The van der Waals surface area contributed by atoms with Gasteiger partial charge in [-0.25, -0.2) is 9.59 Å². The summed E-state index contributed by atoms with van der Waals surface area (Å²) in [6.45, 7) is 4.28. The van der Waals surface area contributed by atoms with E-state index in [9.17, 15) is 24.6 Å². The van der Waals surface area contributed by atoms with Crippen molar-refractivity contribution < 1.29 is 24.6 Å². The third-order valence-electron chi connectivity index (χ3n) is 8.98. The van der Waals surface area contributed by atoms with Crippen molar-refractivity contribution in [1.82, 2.24) is 20.0 Å². The lowest BCUT2D eigenvalue weighted by Crippen LogP contribution is -2.56. The van der Waals surface area contributed by atoms with E-state index in [0.29, 0.717) is 31.2 Å². The summed E-state index contributed by atoms with van der Waals surface area (Å²) in [5.74, 6) is -4.06. The second kappa shape index (κ2) is 11.1. The first-order valence-corrected chi connectivity index (χ1v) is 14.2.